The Labute approximate surface area is 150 Å². The minimum absolute atomic E-state index is 0.0333. The standard InChI is InChI=1S/C18H20N6O2/c1-4-23-10-14(16(22-23)17(19)25)20-18(26)15-11(2)21-24(12(15)3)13-8-6-5-7-9-13/h5-10H,4H2,1-3H3,(H2,19,25)(H,20,26). The number of para-hydroxylation sites is 1. The van der Waals surface area contributed by atoms with Crippen LogP contribution < -0.4 is 11.1 Å². The second-order valence-corrected chi connectivity index (χ2v) is 5.86. The molecule has 134 valence electrons. The van der Waals surface area contributed by atoms with E-state index in [0.717, 1.165) is 5.69 Å². The predicted octanol–water partition coefficient (Wildman–Crippen LogP) is 2.06. The Hall–Kier alpha value is -3.42. The summed E-state index contributed by atoms with van der Waals surface area (Å²) in [5.41, 5.74) is 8.29. The number of carbonyl (C=O) groups is 2. The molecular weight excluding hydrogens is 332 g/mol. The summed E-state index contributed by atoms with van der Waals surface area (Å²) in [7, 11) is 0. The molecule has 3 N–H and O–H groups in total. The van der Waals surface area contributed by atoms with Gasteiger partial charge in [0.15, 0.2) is 5.69 Å². The first-order chi connectivity index (χ1) is 12.4. The molecule has 8 heteroatoms. The Morgan fingerprint density at radius 1 is 1.15 bits per heavy atom. The number of primary amides is 1. The van der Waals surface area contributed by atoms with Crippen LogP contribution in [0, 0.1) is 13.8 Å². The summed E-state index contributed by atoms with van der Waals surface area (Å²) in [5.74, 6) is -1.05. The molecule has 0 bridgehead atoms. The van der Waals surface area contributed by atoms with Crippen molar-refractivity contribution in [2.24, 2.45) is 5.73 Å². The molecule has 2 heterocycles. The highest BCUT2D eigenvalue weighted by Crippen LogP contribution is 2.21. The number of amides is 2. The fraction of sp³-hybridized carbons (Fsp3) is 0.222. The summed E-state index contributed by atoms with van der Waals surface area (Å²) in [4.78, 5) is 24.4. The van der Waals surface area contributed by atoms with E-state index in [9.17, 15) is 9.59 Å². The number of nitrogens with two attached hydrogens (primary N) is 1. The van der Waals surface area contributed by atoms with Gasteiger partial charge >= 0.3 is 0 Å². The van der Waals surface area contributed by atoms with E-state index < -0.39 is 5.91 Å². The third-order valence-corrected chi connectivity index (χ3v) is 4.09. The maximum atomic E-state index is 12.8. The number of anilines is 1. The molecule has 2 aromatic heterocycles. The average molecular weight is 352 g/mol. The minimum Gasteiger partial charge on any atom is -0.364 e. The number of hydrogen-bond donors (Lipinski definition) is 2. The Morgan fingerprint density at radius 3 is 2.46 bits per heavy atom. The third-order valence-electron chi connectivity index (χ3n) is 4.09. The number of aryl methyl sites for hydroxylation is 2. The molecule has 1 aromatic carbocycles. The predicted molar refractivity (Wildman–Crippen MR) is 97.4 cm³/mol. The molecular formula is C18H20N6O2. The van der Waals surface area contributed by atoms with E-state index in [1.165, 1.54) is 0 Å². The quantitative estimate of drug-likeness (QED) is 0.732. The molecule has 0 saturated heterocycles. The zero-order valence-corrected chi connectivity index (χ0v) is 14.9. The van der Waals surface area contributed by atoms with Crippen LogP contribution in [0.3, 0.4) is 0 Å². The topological polar surface area (TPSA) is 108 Å². The van der Waals surface area contributed by atoms with Gasteiger partial charge in [0.25, 0.3) is 11.8 Å². The summed E-state index contributed by atoms with van der Waals surface area (Å²) in [6, 6.07) is 9.56. The Morgan fingerprint density at radius 2 is 1.85 bits per heavy atom. The van der Waals surface area contributed by atoms with Gasteiger partial charge in [0.05, 0.1) is 28.3 Å². The van der Waals surface area contributed by atoms with E-state index in [2.05, 4.69) is 15.5 Å². The second kappa shape index (κ2) is 6.83. The monoisotopic (exact) mass is 352 g/mol. The summed E-state index contributed by atoms with van der Waals surface area (Å²) in [5, 5.41) is 11.3. The molecule has 0 aliphatic heterocycles. The van der Waals surface area contributed by atoms with Gasteiger partial charge in [0.2, 0.25) is 0 Å². The summed E-state index contributed by atoms with van der Waals surface area (Å²) in [6.07, 6.45) is 1.59. The van der Waals surface area contributed by atoms with Crippen LogP contribution >= 0.6 is 0 Å². The lowest BCUT2D eigenvalue weighted by molar-refractivity contribution is 0.0995. The summed E-state index contributed by atoms with van der Waals surface area (Å²) < 4.78 is 3.26. The molecule has 0 spiro atoms. The van der Waals surface area contributed by atoms with Crippen molar-refractivity contribution in [2.75, 3.05) is 5.32 Å². The molecule has 3 rings (SSSR count). The smallest absolute Gasteiger partial charge is 0.271 e. The van der Waals surface area contributed by atoms with Crippen molar-refractivity contribution in [1.82, 2.24) is 19.6 Å². The fourth-order valence-electron chi connectivity index (χ4n) is 2.83. The second-order valence-electron chi connectivity index (χ2n) is 5.86. The first-order valence-corrected chi connectivity index (χ1v) is 8.22. The van der Waals surface area contributed by atoms with E-state index in [1.807, 2.05) is 44.2 Å². The maximum absolute atomic E-state index is 12.8. The van der Waals surface area contributed by atoms with E-state index >= 15 is 0 Å². The Kier molecular flexibility index (Phi) is 4.57. The molecule has 26 heavy (non-hydrogen) atoms. The SMILES string of the molecule is CCn1cc(NC(=O)c2c(C)nn(-c3ccccc3)c2C)c(C(N)=O)n1. The molecule has 0 fully saturated rings. The first-order valence-electron chi connectivity index (χ1n) is 8.22. The van der Waals surface area contributed by atoms with Gasteiger partial charge in [0.1, 0.15) is 0 Å². The van der Waals surface area contributed by atoms with E-state index in [0.29, 0.717) is 23.5 Å². The number of benzene rings is 1. The lowest BCUT2D eigenvalue weighted by Gasteiger charge is -2.06. The number of rotatable bonds is 5. The lowest BCUT2D eigenvalue weighted by atomic mass is 10.1. The molecule has 0 saturated carbocycles. The van der Waals surface area contributed by atoms with Gasteiger partial charge < -0.3 is 11.1 Å². The Balaban J connectivity index is 1.96. The summed E-state index contributed by atoms with van der Waals surface area (Å²) >= 11 is 0. The van der Waals surface area contributed by atoms with Crippen molar-refractivity contribution in [2.45, 2.75) is 27.3 Å². The van der Waals surface area contributed by atoms with Crippen molar-refractivity contribution < 1.29 is 9.59 Å². The van der Waals surface area contributed by atoms with Crippen molar-refractivity contribution in [3.8, 4) is 5.69 Å². The number of nitrogens with zero attached hydrogens (tertiary/aromatic N) is 4. The lowest BCUT2D eigenvalue weighted by Crippen LogP contribution is -2.18. The number of hydrogen-bond acceptors (Lipinski definition) is 4. The molecule has 8 nitrogen and oxygen atoms in total. The van der Waals surface area contributed by atoms with Crippen LogP contribution in [0.15, 0.2) is 36.5 Å². The molecule has 0 aliphatic rings. The van der Waals surface area contributed by atoms with Crippen molar-refractivity contribution in [3.05, 3.63) is 59.2 Å². The first kappa shape index (κ1) is 17.4. The van der Waals surface area contributed by atoms with Gasteiger partial charge in [-0.05, 0) is 32.9 Å². The number of nitrogens with one attached hydrogen (secondary N) is 1. The largest absolute Gasteiger partial charge is 0.364 e. The van der Waals surface area contributed by atoms with Crippen LogP contribution in [0.1, 0.15) is 39.2 Å². The Bertz CT molecular complexity index is 971. The van der Waals surface area contributed by atoms with Gasteiger partial charge in [-0.25, -0.2) is 4.68 Å². The molecule has 0 radical (unpaired) electrons. The molecule has 0 aliphatic carbocycles. The molecule has 3 aromatic rings. The van der Waals surface area contributed by atoms with Crippen LogP contribution in [0.2, 0.25) is 0 Å². The van der Waals surface area contributed by atoms with Gasteiger partial charge in [-0.3, -0.25) is 14.3 Å². The summed E-state index contributed by atoms with van der Waals surface area (Å²) in [6.45, 7) is 6.03. The van der Waals surface area contributed by atoms with Crippen LogP contribution in [-0.4, -0.2) is 31.4 Å². The van der Waals surface area contributed by atoms with Gasteiger partial charge in [-0.1, -0.05) is 18.2 Å². The highest BCUT2D eigenvalue weighted by molar-refractivity contribution is 6.09. The van der Waals surface area contributed by atoms with Gasteiger partial charge in [-0.15, -0.1) is 0 Å². The highest BCUT2D eigenvalue weighted by atomic mass is 16.2. The normalized spacial score (nSPS) is 10.7. The van der Waals surface area contributed by atoms with Gasteiger partial charge in [-0.2, -0.15) is 10.2 Å². The van der Waals surface area contributed by atoms with Crippen molar-refractivity contribution in [1.29, 1.82) is 0 Å². The molecule has 0 unspecified atom stereocenters. The highest BCUT2D eigenvalue weighted by Gasteiger charge is 2.22. The van der Waals surface area contributed by atoms with Crippen LogP contribution in [-0.2, 0) is 6.54 Å². The van der Waals surface area contributed by atoms with Gasteiger partial charge in [0, 0.05) is 12.7 Å². The maximum Gasteiger partial charge on any atom is 0.271 e. The number of carbonyl (C=O) groups excluding carboxylic acids is 2. The molecule has 0 atom stereocenters. The molecule has 2 amide bonds. The zero-order chi connectivity index (χ0) is 18.8. The number of aromatic nitrogens is 4. The van der Waals surface area contributed by atoms with E-state index in [-0.39, 0.29) is 17.3 Å². The zero-order valence-electron chi connectivity index (χ0n) is 14.9. The minimum atomic E-state index is -0.694. The van der Waals surface area contributed by atoms with Crippen LogP contribution in [0.4, 0.5) is 5.69 Å². The van der Waals surface area contributed by atoms with Crippen LogP contribution in [0.5, 0.6) is 0 Å². The van der Waals surface area contributed by atoms with Crippen LogP contribution in [0.25, 0.3) is 5.69 Å². The average Bonchev–Trinajstić information content (AvgIpc) is 3.16. The van der Waals surface area contributed by atoms with E-state index in [4.69, 9.17) is 5.73 Å². The van der Waals surface area contributed by atoms with Crippen molar-refractivity contribution >= 4 is 17.5 Å². The van der Waals surface area contributed by atoms with E-state index in [1.54, 1.807) is 22.5 Å². The fourth-order valence-corrected chi connectivity index (χ4v) is 2.83. The van der Waals surface area contributed by atoms with Crippen molar-refractivity contribution in [3.63, 3.8) is 0 Å². The third kappa shape index (κ3) is 3.08.